The predicted octanol–water partition coefficient (Wildman–Crippen LogP) is 3.08. The predicted molar refractivity (Wildman–Crippen MR) is 105 cm³/mol. The van der Waals surface area contributed by atoms with Gasteiger partial charge in [0.25, 0.3) is 0 Å². The average Bonchev–Trinajstić information content (AvgIpc) is 3.11. The third-order valence-electron chi connectivity index (χ3n) is 5.82. The molecule has 6 nitrogen and oxygen atoms in total. The van der Waals surface area contributed by atoms with Crippen LogP contribution >= 0.6 is 0 Å². The summed E-state index contributed by atoms with van der Waals surface area (Å²) < 4.78 is 54.3. The number of ether oxygens (including phenoxy) is 2. The van der Waals surface area contributed by atoms with Gasteiger partial charge in [-0.25, -0.2) is 4.90 Å². The molecule has 1 aromatic carbocycles. The van der Waals surface area contributed by atoms with E-state index < -0.39 is 18.1 Å². The second kappa shape index (κ2) is 7.72. The highest BCUT2D eigenvalue weighted by Crippen LogP contribution is 2.46. The lowest BCUT2D eigenvalue weighted by Crippen LogP contribution is -2.51. The Hall–Kier alpha value is -2.36. The van der Waals surface area contributed by atoms with Crippen LogP contribution < -0.4 is 5.32 Å². The number of benzene rings is 1. The number of hydrogen-bond donors (Lipinski definition) is 2. The first-order valence-electron chi connectivity index (χ1n) is 9.81. The van der Waals surface area contributed by atoms with Gasteiger partial charge in [0, 0.05) is 20.3 Å². The molecule has 1 saturated heterocycles. The van der Waals surface area contributed by atoms with E-state index in [0.717, 1.165) is 0 Å². The molecule has 0 amide bonds. The molecule has 162 valence electrons. The molecule has 1 fully saturated rings. The first-order valence-corrected chi connectivity index (χ1v) is 9.81. The number of aliphatic hydroxyl groups excluding tert-OH is 1. The number of hydrogen-bond acceptors (Lipinski definition) is 6. The molecule has 9 heteroatoms. The zero-order chi connectivity index (χ0) is 21.5. The SMILES string of the molecule is COC1(C2CNCCC2CO)N=C2C(=CC(C)=C(c3ccccc3)N2C(F)(F)F)O1. The molecule has 3 aliphatic heterocycles. The van der Waals surface area contributed by atoms with Gasteiger partial charge in [0.2, 0.25) is 0 Å². The van der Waals surface area contributed by atoms with Crippen molar-refractivity contribution in [3.05, 3.63) is 53.3 Å². The first-order chi connectivity index (χ1) is 14.3. The highest BCUT2D eigenvalue weighted by atomic mass is 19.4. The van der Waals surface area contributed by atoms with Crippen molar-refractivity contribution in [2.45, 2.75) is 25.6 Å². The Kier molecular flexibility index (Phi) is 5.37. The maximum absolute atomic E-state index is 14.3. The second-order valence-electron chi connectivity index (χ2n) is 7.62. The van der Waals surface area contributed by atoms with Crippen molar-refractivity contribution in [1.29, 1.82) is 0 Å². The van der Waals surface area contributed by atoms with E-state index in [0.29, 0.717) is 30.6 Å². The zero-order valence-corrected chi connectivity index (χ0v) is 16.7. The Morgan fingerprint density at radius 2 is 2.07 bits per heavy atom. The molecule has 0 bridgehead atoms. The highest BCUT2D eigenvalue weighted by Gasteiger charge is 2.56. The Labute approximate surface area is 172 Å². The number of halogens is 3. The number of nitrogens with zero attached hydrogens (tertiary/aromatic N) is 2. The molecule has 0 aromatic heterocycles. The van der Waals surface area contributed by atoms with E-state index in [4.69, 9.17) is 9.47 Å². The lowest BCUT2D eigenvalue weighted by atomic mass is 9.84. The first kappa shape index (κ1) is 20.9. The van der Waals surface area contributed by atoms with Gasteiger partial charge in [-0.3, -0.25) is 0 Å². The van der Waals surface area contributed by atoms with E-state index in [1.165, 1.54) is 7.11 Å². The van der Waals surface area contributed by atoms with Crippen molar-refractivity contribution in [3.8, 4) is 0 Å². The standard InChI is InChI=1S/C21H24F3N3O3/c1-13-10-17-19(27(21(22,23)24)18(13)14-6-4-3-5-7-14)26-20(29-2,30-17)16-11-25-9-8-15(16)12-28/h3-7,10,15-16,25,28H,8-9,11-12H2,1-2H3. The van der Waals surface area contributed by atoms with Gasteiger partial charge < -0.3 is 19.9 Å². The van der Waals surface area contributed by atoms with Gasteiger partial charge in [0.05, 0.1) is 11.6 Å². The number of aliphatic hydroxyl groups is 1. The Morgan fingerprint density at radius 3 is 2.70 bits per heavy atom. The molecule has 0 spiro atoms. The monoisotopic (exact) mass is 423 g/mol. The van der Waals surface area contributed by atoms with Crippen LogP contribution in [0.5, 0.6) is 0 Å². The summed E-state index contributed by atoms with van der Waals surface area (Å²) in [5.41, 5.74) is 0.828. The molecule has 0 saturated carbocycles. The summed E-state index contributed by atoms with van der Waals surface area (Å²) in [6, 6.07) is 8.38. The van der Waals surface area contributed by atoms with Gasteiger partial charge in [-0.2, -0.15) is 4.99 Å². The third kappa shape index (κ3) is 3.40. The summed E-state index contributed by atoms with van der Waals surface area (Å²) in [5, 5.41) is 13.0. The molecule has 4 rings (SSSR count). The summed E-state index contributed by atoms with van der Waals surface area (Å²) in [7, 11) is 1.36. The van der Waals surface area contributed by atoms with E-state index in [1.807, 2.05) is 0 Å². The van der Waals surface area contributed by atoms with Crippen molar-refractivity contribution < 1.29 is 27.8 Å². The molecular weight excluding hydrogens is 399 g/mol. The molecule has 3 heterocycles. The van der Waals surface area contributed by atoms with Crippen LogP contribution in [0.15, 0.2) is 52.7 Å². The van der Waals surface area contributed by atoms with E-state index in [2.05, 4.69) is 10.3 Å². The van der Waals surface area contributed by atoms with Crippen molar-refractivity contribution in [1.82, 2.24) is 10.2 Å². The Morgan fingerprint density at radius 1 is 1.33 bits per heavy atom. The number of methoxy groups -OCH3 is 1. The fraction of sp³-hybridized carbons (Fsp3) is 0.476. The van der Waals surface area contributed by atoms with E-state index in [1.54, 1.807) is 43.3 Å². The van der Waals surface area contributed by atoms with Gasteiger partial charge >= 0.3 is 12.2 Å². The molecule has 1 aromatic rings. The Bertz CT molecular complexity index is 898. The largest absolute Gasteiger partial charge is 0.490 e. The number of allylic oxidation sites excluding steroid dienone is 2. The number of alkyl halides is 3. The van der Waals surface area contributed by atoms with Gasteiger partial charge in [0.15, 0.2) is 11.6 Å². The van der Waals surface area contributed by atoms with E-state index in [-0.39, 0.29) is 34.7 Å². The van der Waals surface area contributed by atoms with Crippen LogP contribution in [0.1, 0.15) is 18.9 Å². The highest BCUT2D eigenvalue weighted by molar-refractivity contribution is 6.06. The summed E-state index contributed by atoms with van der Waals surface area (Å²) in [6.07, 6.45) is -2.51. The maximum atomic E-state index is 14.3. The topological polar surface area (TPSA) is 66.3 Å². The van der Waals surface area contributed by atoms with Crippen molar-refractivity contribution in [3.63, 3.8) is 0 Å². The zero-order valence-electron chi connectivity index (χ0n) is 16.7. The van der Waals surface area contributed by atoms with E-state index >= 15 is 0 Å². The van der Waals surface area contributed by atoms with Gasteiger partial charge in [-0.05, 0) is 43.0 Å². The average molecular weight is 423 g/mol. The number of rotatable bonds is 4. The number of fused-ring (bicyclic) bond motifs is 1. The fourth-order valence-corrected chi connectivity index (χ4v) is 4.39. The van der Waals surface area contributed by atoms with Gasteiger partial charge in [-0.1, -0.05) is 30.3 Å². The quantitative estimate of drug-likeness (QED) is 0.729. The number of aliphatic imine (C=N–C) groups is 1. The molecular formula is C21H24F3N3O3. The molecule has 3 aliphatic rings. The Balaban J connectivity index is 1.83. The minimum absolute atomic E-state index is 0.00146. The van der Waals surface area contributed by atoms with Crippen LogP contribution in [0, 0.1) is 11.8 Å². The molecule has 0 aliphatic carbocycles. The number of piperidine rings is 1. The van der Waals surface area contributed by atoms with Crippen molar-refractivity contribution in [2.24, 2.45) is 16.8 Å². The van der Waals surface area contributed by atoms with Crippen LogP contribution in [0.3, 0.4) is 0 Å². The van der Waals surface area contributed by atoms with Crippen LogP contribution in [0.4, 0.5) is 13.2 Å². The minimum Gasteiger partial charge on any atom is -0.438 e. The summed E-state index contributed by atoms with van der Waals surface area (Å²) in [6.45, 7) is 2.60. The summed E-state index contributed by atoms with van der Waals surface area (Å²) >= 11 is 0. The molecule has 30 heavy (non-hydrogen) atoms. The molecule has 3 unspecified atom stereocenters. The van der Waals surface area contributed by atoms with Gasteiger partial charge in [-0.15, -0.1) is 13.2 Å². The molecule has 0 radical (unpaired) electrons. The van der Waals surface area contributed by atoms with Crippen molar-refractivity contribution in [2.75, 3.05) is 26.8 Å². The van der Waals surface area contributed by atoms with Crippen LogP contribution in [-0.4, -0.2) is 54.9 Å². The van der Waals surface area contributed by atoms with Crippen LogP contribution in [0.2, 0.25) is 0 Å². The lowest BCUT2D eigenvalue weighted by molar-refractivity contribution is -0.230. The fourth-order valence-electron chi connectivity index (χ4n) is 4.39. The molecule has 3 atom stereocenters. The number of nitrogens with one attached hydrogen (secondary N) is 1. The smallest absolute Gasteiger partial charge is 0.438 e. The van der Waals surface area contributed by atoms with Crippen LogP contribution in [0.25, 0.3) is 5.70 Å². The minimum atomic E-state index is -4.72. The summed E-state index contributed by atoms with van der Waals surface area (Å²) in [5.74, 6) is -2.63. The third-order valence-corrected chi connectivity index (χ3v) is 5.82. The normalized spacial score (nSPS) is 29.3. The lowest BCUT2D eigenvalue weighted by Gasteiger charge is -2.39. The molecule has 2 N–H and O–H groups in total. The van der Waals surface area contributed by atoms with E-state index in [9.17, 15) is 18.3 Å². The maximum Gasteiger partial charge on any atom is 0.490 e. The second-order valence-corrected chi connectivity index (χ2v) is 7.62. The van der Waals surface area contributed by atoms with Crippen LogP contribution in [-0.2, 0) is 9.47 Å². The number of amidine groups is 1. The van der Waals surface area contributed by atoms with Crippen molar-refractivity contribution >= 4 is 11.5 Å². The summed E-state index contributed by atoms with van der Waals surface area (Å²) in [4.78, 5) is 4.63. The van der Waals surface area contributed by atoms with Gasteiger partial charge in [0.1, 0.15) is 0 Å².